The Kier molecular flexibility index (Phi) is 3.44. The number of nitrogens with one attached hydrogen (secondary N) is 2. The highest BCUT2D eigenvalue weighted by Crippen LogP contribution is 2.40. The molecule has 0 radical (unpaired) electrons. The fourth-order valence-electron chi connectivity index (χ4n) is 2.41. The van der Waals surface area contributed by atoms with E-state index in [1.165, 1.54) is 6.20 Å². The minimum atomic E-state index is -0.197. The van der Waals surface area contributed by atoms with Gasteiger partial charge in [0.15, 0.2) is 0 Å². The van der Waals surface area contributed by atoms with Gasteiger partial charge in [-0.15, -0.1) is 0 Å². The molecule has 0 unspecified atom stereocenters. The van der Waals surface area contributed by atoms with E-state index in [1.807, 2.05) is 31.2 Å². The molecule has 21 heavy (non-hydrogen) atoms. The molecule has 0 saturated heterocycles. The summed E-state index contributed by atoms with van der Waals surface area (Å²) in [7, 11) is 0. The number of rotatable bonds is 4. The van der Waals surface area contributed by atoms with Crippen LogP contribution in [0.3, 0.4) is 0 Å². The zero-order valence-corrected chi connectivity index (χ0v) is 11.8. The molecule has 2 N–H and O–H groups in total. The number of aromatic nitrogens is 2. The van der Waals surface area contributed by atoms with Gasteiger partial charge < -0.3 is 10.3 Å². The number of carbonyl (C=O) groups is 1. The minimum absolute atomic E-state index is 0.0637. The maximum absolute atomic E-state index is 12.3. The maximum Gasteiger partial charge on any atom is 0.268 e. The number of aromatic amines is 1. The lowest BCUT2D eigenvalue weighted by atomic mass is 10.1. The molecule has 1 aliphatic carbocycles. The molecule has 1 fully saturated rings. The van der Waals surface area contributed by atoms with Crippen molar-refractivity contribution in [2.45, 2.75) is 25.8 Å². The number of hydrogen-bond donors (Lipinski definition) is 2. The Labute approximate surface area is 123 Å². The molecule has 1 amide bonds. The molecule has 0 aromatic carbocycles. The summed E-state index contributed by atoms with van der Waals surface area (Å²) in [5, 5.41) is 11.8. The Hall–Kier alpha value is -2.61. The molecule has 0 spiro atoms. The molecule has 5 nitrogen and oxygen atoms in total. The van der Waals surface area contributed by atoms with E-state index in [4.69, 9.17) is 5.26 Å². The van der Waals surface area contributed by atoms with Crippen LogP contribution in [0.4, 0.5) is 0 Å². The molecule has 106 valence electrons. The van der Waals surface area contributed by atoms with E-state index >= 15 is 0 Å². The third-order valence-electron chi connectivity index (χ3n) is 3.67. The van der Waals surface area contributed by atoms with Crippen LogP contribution in [0.2, 0.25) is 0 Å². The molecule has 1 saturated carbocycles. The third kappa shape index (κ3) is 2.95. The lowest BCUT2D eigenvalue weighted by Crippen LogP contribution is -2.30. The predicted octanol–water partition coefficient (Wildman–Crippen LogP) is 2.47. The Morgan fingerprint density at radius 3 is 2.95 bits per heavy atom. The van der Waals surface area contributed by atoms with Crippen molar-refractivity contribution in [3.05, 3.63) is 53.1 Å². The van der Waals surface area contributed by atoms with Crippen molar-refractivity contribution in [2.24, 2.45) is 5.92 Å². The number of nitriles is 1. The molecule has 2 aromatic rings. The molecule has 1 aliphatic rings. The molecular weight excluding hydrogens is 264 g/mol. The maximum atomic E-state index is 12.3. The third-order valence-corrected chi connectivity index (χ3v) is 3.67. The summed E-state index contributed by atoms with van der Waals surface area (Å²) in [6, 6.07) is 9.35. The Morgan fingerprint density at radius 1 is 1.52 bits per heavy atom. The summed E-state index contributed by atoms with van der Waals surface area (Å²) in [5.74, 6) is 0.255. The number of amides is 1. The largest absolute Gasteiger partial charge is 0.356 e. The van der Waals surface area contributed by atoms with Crippen molar-refractivity contribution in [1.29, 1.82) is 5.26 Å². The minimum Gasteiger partial charge on any atom is -0.356 e. The smallest absolute Gasteiger partial charge is 0.268 e. The number of H-pyrrole nitrogens is 1. The molecular formula is C16H16N4O. The second-order valence-corrected chi connectivity index (χ2v) is 5.41. The summed E-state index contributed by atoms with van der Waals surface area (Å²) in [6.07, 6.45) is 3.75. The van der Waals surface area contributed by atoms with Gasteiger partial charge in [0.25, 0.3) is 5.91 Å². The second-order valence-electron chi connectivity index (χ2n) is 5.41. The van der Waals surface area contributed by atoms with Crippen LogP contribution < -0.4 is 5.32 Å². The van der Waals surface area contributed by atoms with E-state index < -0.39 is 0 Å². The summed E-state index contributed by atoms with van der Waals surface area (Å²) in [6.45, 7) is 1.94. The molecule has 0 aliphatic heterocycles. The first-order valence-electron chi connectivity index (χ1n) is 7.00. The number of carbonyl (C=O) groups excluding carboxylic acids is 1. The van der Waals surface area contributed by atoms with Crippen molar-refractivity contribution >= 4 is 5.91 Å². The quantitative estimate of drug-likeness (QED) is 0.902. The zero-order chi connectivity index (χ0) is 14.8. The fourth-order valence-corrected chi connectivity index (χ4v) is 2.41. The predicted molar refractivity (Wildman–Crippen MR) is 77.4 cm³/mol. The second kappa shape index (κ2) is 5.41. The van der Waals surface area contributed by atoms with Gasteiger partial charge in [0.05, 0.1) is 17.3 Å². The van der Waals surface area contributed by atoms with E-state index in [0.717, 1.165) is 24.2 Å². The summed E-state index contributed by atoms with van der Waals surface area (Å²) >= 11 is 0. The van der Waals surface area contributed by atoms with Crippen molar-refractivity contribution in [3.8, 4) is 6.07 Å². The van der Waals surface area contributed by atoms with Gasteiger partial charge >= 0.3 is 0 Å². The van der Waals surface area contributed by atoms with E-state index in [9.17, 15) is 4.79 Å². The summed E-state index contributed by atoms with van der Waals surface area (Å²) in [4.78, 5) is 19.6. The van der Waals surface area contributed by atoms with Crippen LogP contribution in [0.1, 0.15) is 46.3 Å². The van der Waals surface area contributed by atoms with Gasteiger partial charge in [-0.2, -0.15) is 5.26 Å². The first-order chi connectivity index (χ1) is 10.2. The molecule has 1 atom stereocenters. The molecule has 2 aromatic heterocycles. The average molecular weight is 280 g/mol. The normalized spacial score (nSPS) is 15.2. The van der Waals surface area contributed by atoms with Gasteiger partial charge in [0.1, 0.15) is 11.8 Å². The van der Waals surface area contributed by atoms with Crippen LogP contribution in [0, 0.1) is 24.2 Å². The first kappa shape index (κ1) is 13.4. The van der Waals surface area contributed by atoms with Crippen LogP contribution in [0.25, 0.3) is 0 Å². The zero-order valence-electron chi connectivity index (χ0n) is 11.8. The topological polar surface area (TPSA) is 81.6 Å². The fraction of sp³-hybridized carbons (Fsp3) is 0.312. The Balaban J connectivity index is 1.79. The Bertz CT molecular complexity index is 709. The SMILES string of the molecule is Cc1cccc([C@@H](NC(=O)c2cc(C#N)c[nH]2)C2CC2)n1. The molecule has 2 heterocycles. The van der Waals surface area contributed by atoms with E-state index in [2.05, 4.69) is 15.3 Å². The van der Waals surface area contributed by atoms with Gasteiger partial charge in [0, 0.05) is 11.9 Å². The van der Waals surface area contributed by atoms with Crippen LogP contribution in [-0.4, -0.2) is 15.9 Å². The van der Waals surface area contributed by atoms with Gasteiger partial charge in [-0.25, -0.2) is 0 Å². The molecule has 5 heteroatoms. The monoisotopic (exact) mass is 280 g/mol. The van der Waals surface area contributed by atoms with E-state index in [0.29, 0.717) is 17.2 Å². The summed E-state index contributed by atoms with van der Waals surface area (Å²) < 4.78 is 0. The molecule has 0 bridgehead atoms. The number of nitrogens with zero attached hydrogens (tertiary/aromatic N) is 2. The van der Waals surface area contributed by atoms with Gasteiger partial charge in [-0.3, -0.25) is 9.78 Å². The van der Waals surface area contributed by atoms with Crippen LogP contribution in [-0.2, 0) is 0 Å². The standard InChI is InChI=1S/C16H16N4O/c1-10-3-2-4-13(19-10)15(12-5-6-12)20-16(21)14-7-11(8-17)9-18-14/h2-4,7,9,12,15,18H,5-6H2,1H3,(H,20,21)/t15-/m0/s1. The summed E-state index contributed by atoms with van der Waals surface area (Å²) in [5.41, 5.74) is 2.71. The van der Waals surface area contributed by atoms with E-state index in [1.54, 1.807) is 6.07 Å². The highest BCUT2D eigenvalue weighted by atomic mass is 16.1. The van der Waals surface area contributed by atoms with Gasteiger partial charge in [-0.05, 0) is 43.9 Å². The number of hydrogen-bond acceptors (Lipinski definition) is 3. The average Bonchev–Trinajstić information content (AvgIpc) is 3.20. The van der Waals surface area contributed by atoms with Crippen molar-refractivity contribution in [3.63, 3.8) is 0 Å². The highest BCUT2D eigenvalue weighted by molar-refractivity contribution is 5.93. The Morgan fingerprint density at radius 2 is 2.33 bits per heavy atom. The highest BCUT2D eigenvalue weighted by Gasteiger charge is 2.34. The molecule has 3 rings (SSSR count). The number of aryl methyl sites for hydroxylation is 1. The number of pyridine rings is 1. The van der Waals surface area contributed by atoms with Crippen LogP contribution >= 0.6 is 0 Å². The van der Waals surface area contributed by atoms with E-state index in [-0.39, 0.29) is 11.9 Å². The van der Waals surface area contributed by atoms with Crippen LogP contribution in [0.15, 0.2) is 30.5 Å². The van der Waals surface area contributed by atoms with Crippen LogP contribution in [0.5, 0.6) is 0 Å². The van der Waals surface area contributed by atoms with Crippen molar-refractivity contribution in [2.75, 3.05) is 0 Å². The van der Waals surface area contributed by atoms with Gasteiger partial charge in [0.2, 0.25) is 0 Å². The van der Waals surface area contributed by atoms with Crippen molar-refractivity contribution < 1.29 is 4.79 Å². The van der Waals surface area contributed by atoms with Crippen molar-refractivity contribution in [1.82, 2.24) is 15.3 Å². The first-order valence-corrected chi connectivity index (χ1v) is 7.00. The van der Waals surface area contributed by atoms with Gasteiger partial charge in [-0.1, -0.05) is 6.07 Å². The lowest BCUT2D eigenvalue weighted by molar-refractivity contribution is 0.0926. The lowest BCUT2D eigenvalue weighted by Gasteiger charge is -2.17.